The van der Waals surface area contributed by atoms with E-state index in [0.29, 0.717) is 12.4 Å². The van der Waals surface area contributed by atoms with Crippen LogP contribution in [0.3, 0.4) is 0 Å². The first-order valence-electron chi connectivity index (χ1n) is 6.74. The lowest BCUT2D eigenvalue weighted by Crippen LogP contribution is -2.46. The summed E-state index contributed by atoms with van der Waals surface area (Å²) in [5.41, 5.74) is 1.03. The molecule has 0 aliphatic carbocycles. The maximum atomic E-state index is 11.9. The van der Waals surface area contributed by atoms with Crippen LogP contribution in [0.4, 0.5) is 5.82 Å². The summed E-state index contributed by atoms with van der Waals surface area (Å²) in [6.45, 7) is 10.5. The molecule has 6 heteroatoms. The molecule has 0 aromatic carbocycles. The number of H-pyrrole nitrogens is 1. The Labute approximate surface area is 113 Å². The van der Waals surface area contributed by atoms with E-state index in [0.717, 1.165) is 31.9 Å². The molecule has 1 aliphatic rings. The van der Waals surface area contributed by atoms with Gasteiger partial charge in [0.15, 0.2) is 5.82 Å². The van der Waals surface area contributed by atoms with Crippen LogP contribution in [0.25, 0.3) is 0 Å². The summed E-state index contributed by atoms with van der Waals surface area (Å²) in [4.78, 5) is 14.1. The molecular formula is C13H23N5O. The lowest BCUT2D eigenvalue weighted by molar-refractivity contribution is -0.117. The zero-order chi connectivity index (χ0) is 13.9. The molecule has 1 aromatic rings. The molecule has 1 aliphatic heterocycles. The van der Waals surface area contributed by atoms with Crippen LogP contribution >= 0.6 is 0 Å². The molecule has 2 rings (SSSR count). The van der Waals surface area contributed by atoms with Crippen molar-refractivity contribution in [3.63, 3.8) is 0 Å². The van der Waals surface area contributed by atoms with Gasteiger partial charge in [0, 0.05) is 43.4 Å². The lowest BCUT2D eigenvalue weighted by atomic mass is 9.92. The smallest absolute Gasteiger partial charge is 0.239 e. The highest BCUT2D eigenvalue weighted by Gasteiger charge is 2.18. The number of carbonyl (C=O) groups excluding carboxylic acids is 1. The summed E-state index contributed by atoms with van der Waals surface area (Å²) in [7, 11) is 0. The minimum atomic E-state index is -0.00569. The number of nitrogens with zero attached hydrogens (tertiary/aromatic N) is 2. The number of aromatic nitrogens is 2. The van der Waals surface area contributed by atoms with Crippen LogP contribution in [-0.4, -0.2) is 53.7 Å². The molecule has 0 radical (unpaired) electrons. The third kappa shape index (κ3) is 4.04. The van der Waals surface area contributed by atoms with Crippen LogP contribution in [-0.2, 0) is 10.2 Å². The number of anilines is 1. The zero-order valence-corrected chi connectivity index (χ0v) is 11.9. The summed E-state index contributed by atoms with van der Waals surface area (Å²) in [6.07, 6.45) is 0. The van der Waals surface area contributed by atoms with Gasteiger partial charge in [-0.1, -0.05) is 20.8 Å². The van der Waals surface area contributed by atoms with Gasteiger partial charge < -0.3 is 10.6 Å². The number of piperazine rings is 1. The van der Waals surface area contributed by atoms with Crippen LogP contribution in [0, 0.1) is 0 Å². The van der Waals surface area contributed by atoms with Crippen molar-refractivity contribution < 1.29 is 4.79 Å². The van der Waals surface area contributed by atoms with Gasteiger partial charge in [0.05, 0.1) is 6.54 Å². The Hall–Kier alpha value is -1.40. The molecule has 1 aromatic heterocycles. The van der Waals surface area contributed by atoms with Crippen LogP contribution in [0.15, 0.2) is 6.07 Å². The molecule has 0 atom stereocenters. The predicted molar refractivity (Wildman–Crippen MR) is 75.2 cm³/mol. The average molecular weight is 265 g/mol. The number of nitrogens with one attached hydrogen (secondary N) is 3. The van der Waals surface area contributed by atoms with Crippen molar-refractivity contribution in [1.29, 1.82) is 0 Å². The van der Waals surface area contributed by atoms with Gasteiger partial charge in [-0.2, -0.15) is 5.10 Å². The maximum Gasteiger partial charge on any atom is 0.239 e. The van der Waals surface area contributed by atoms with E-state index in [4.69, 9.17) is 0 Å². The second-order valence-corrected chi connectivity index (χ2v) is 5.99. The molecule has 106 valence electrons. The first-order chi connectivity index (χ1) is 8.95. The summed E-state index contributed by atoms with van der Waals surface area (Å²) in [5, 5.41) is 13.2. The van der Waals surface area contributed by atoms with Gasteiger partial charge in [-0.15, -0.1) is 0 Å². The Morgan fingerprint density at radius 1 is 1.42 bits per heavy atom. The van der Waals surface area contributed by atoms with Crippen molar-refractivity contribution in [2.75, 3.05) is 38.0 Å². The SMILES string of the molecule is CC(C)(C)c1cc(NC(=O)CN2CCNCC2)n[nH]1. The van der Waals surface area contributed by atoms with E-state index in [1.807, 2.05) is 6.07 Å². The quantitative estimate of drug-likeness (QED) is 0.746. The third-order valence-electron chi connectivity index (χ3n) is 3.23. The molecule has 1 saturated heterocycles. The van der Waals surface area contributed by atoms with E-state index in [1.54, 1.807) is 0 Å². The minimum absolute atomic E-state index is 0.00569. The normalized spacial score (nSPS) is 17.4. The van der Waals surface area contributed by atoms with Crippen molar-refractivity contribution in [2.45, 2.75) is 26.2 Å². The standard InChI is InChI=1S/C13H23N5O/c1-13(2,3)10-8-11(17-16-10)15-12(19)9-18-6-4-14-5-7-18/h8,14H,4-7,9H2,1-3H3,(H2,15,16,17,19). The Morgan fingerprint density at radius 3 is 2.68 bits per heavy atom. The zero-order valence-electron chi connectivity index (χ0n) is 11.9. The predicted octanol–water partition coefficient (Wildman–Crippen LogP) is 0.551. The highest BCUT2D eigenvalue weighted by atomic mass is 16.2. The minimum Gasteiger partial charge on any atom is -0.314 e. The fourth-order valence-electron chi connectivity index (χ4n) is 2.02. The monoisotopic (exact) mass is 265 g/mol. The van der Waals surface area contributed by atoms with Crippen molar-refractivity contribution in [2.24, 2.45) is 0 Å². The molecule has 1 amide bonds. The summed E-state index contributed by atoms with van der Waals surface area (Å²) >= 11 is 0. The number of rotatable bonds is 3. The fourth-order valence-corrected chi connectivity index (χ4v) is 2.02. The Morgan fingerprint density at radius 2 is 2.11 bits per heavy atom. The maximum absolute atomic E-state index is 11.9. The van der Waals surface area contributed by atoms with E-state index >= 15 is 0 Å². The van der Waals surface area contributed by atoms with Crippen molar-refractivity contribution in [3.8, 4) is 0 Å². The molecule has 1 fully saturated rings. The third-order valence-corrected chi connectivity index (χ3v) is 3.23. The van der Waals surface area contributed by atoms with Crippen molar-refractivity contribution in [1.82, 2.24) is 20.4 Å². The molecule has 6 nitrogen and oxygen atoms in total. The molecule has 3 N–H and O–H groups in total. The fraction of sp³-hybridized carbons (Fsp3) is 0.692. The molecule has 0 spiro atoms. The van der Waals surface area contributed by atoms with Crippen molar-refractivity contribution in [3.05, 3.63) is 11.8 Å². The van der Waals surface area contributed by atoms with Crippen LogP contribution < -0.4 is 10.6 Å². The van der Waals surface area contributed by atoms with Gasteiger partial charge >= 0.3 is 0 Å². The average Bonchev–Trinajstić information content (AvgIpc) is 2.78. The highest BCUT2D eigenvalue weighted by molar-refractivity contribution is 5.91. The van der Waals surface area contributed by atoms with Gasteiger partial charge in [-0.25, -0.2) is 0 Å². The summed E-state index contributed by atoms with van der Waals surface area (Å²) in [5.74, 6) is 0.596. The van der Waals surface area contributed by atoms with Crippen LogP contribution in [0.1, 0.15) is 26.5 Å². The second-order valence-electron chi connectivity index (χ2n) is 5.99. The summed E-state index contributed by atoms with van der Waals surface area (Å²) in [6, 6.07) is 1.90. The Kier molecular flexibility index (Phi) is 4.21. The number of carbonyl (C=O) groups is 1. The Balaban J connectivity index is 1.86. The molecular weight excluding hydrogens is 242 g/mol. The molecule has 0 saturated carbocycles. The van der Waals surface area contributed by atoms with Gasteiger partial charge in [0.25, 0.3) is 0 Å². The van der Waals surface area contributed by atoms with E-state index < -0.39 is 0 Å². The van der Waals surface area contributed by atoms with Gasteiger partial charge in [-0.3, -0.25) is 14.8 Å². The molecule has 2 heterocycles. The summed E-state index contributed by atoms with van der Waals surface area (Å²) < 4.78 is 0. The largest absolute Gasteiger partial charge is 0.314 e. The first kappa shape index (κ1) is 14.0. The van der Waals surface area contributed by atoms with E-state index in [1.165, 1.54) is 0 Å². The first-order valence-corrected chi connectivity index (χ1v) is 6.74. The molecule has 19 heavy (non-hydrogen) atoms. The highest BCUT2D eigenvalue weighted by Crippen LogP contribution is 2.21. The van der Waals surface area contributed by atoms with Crippen LogP contribution in [0.5, 0.6) is 0 Å². The van der Waals surface area contributed by atoms with Gasteiger partial charge in [0.1, 0.15) is 0 Å². The van der Waals surface area contributed by atoms with E-state index in [2.05, 4.69) is 46.5 Å². The lowest BCUT2D eigenvalue weighted by Gasteiger charge is -2.26. The van der Waals surface area contributed by atoms with E-state index in [9.17, 15) is 4.79 Å². The topological polar surface area (TPSA) is 73.1 Å². The van der Waals surface area contributed by atoms with Crippen LogP contribution in [0.2, 0.25) is 0 Å². The van der Waals surface area contributed by atoms with Gasteiger partial charge in [0.2, 0.25) is 5.91 Å². The molecule has 0 unspecified atom stereocenters. The number of hydrogen-bond acceptors (Lipinski definition) is 4. The van der Waals surface area contributed by atoms with Gasteiger partial charge in [-0.05, 0) is 0 Å². The number of aromatic amines is 1. The van der Waals surface area contributed by atoms with E-state index in [-0.39, 0.29) is 11.3 Å². The second kappa shape index (κ2) is 5.71. The molecule has 0 bridgehead atoms. The van der Waals surface area contributed by atoms with Crippen molar-refractivity contribution >= 4 is 11.7 Å². The number of hydrogen-bond donors (Lipinski definition) is 3. The number of amides is 1. The Bertz CT molecular complexity index is 428.